The molecule has 0 heterocycles. The normalized spacial score (nSPS) is 12.4. The number of benzene rings is 1. The van der Waals surface area contributed by atoms with E-state index in [9.17, 15) is 9.18 Å². The molecule has 0 radical (unpaired) electrons. The SMILES string of the molecule is COC(CC(=O)O)Cc1ccc(F)cc1. The molecule has 1 rings (SSSR count). The van der Waals surface area contributed by atoms with Crippen LogP contribution in [0.4, 0.5) is 4.39 Å². The topological polar surface area (TPSA) is 46.5 Å². The molecule has 0 aliphatic heterocycles. The lowest BCUT2D eigenvalue weighted by Crippen LogP contribution is -2.18. The third-order valence-corrected chi connectivity index (χ3v) is 2.11. The molecule has 0 aliphatic rings. The van der Waals surface area contributed by atoms with E-state index in [1.807, 2.05) is 0 Å². The standard InChI is InChI=1S/C11H13FO3/c1-15-10(7-11(13)14)6-8-2-4-9(12)5-3-8/h2-5,10H,6-7H2,1H3,(H,13,14). The molecule has 0 bridgehead atoms. The first-order valence-electron chi connectivity index (χ1n) is 4.61. The van der Waals surface area contributed by atoms with E-state index in [0.717, 1.165) is 5.56 Å². The van der Waals surface area contributed by atoms with Crippen molar-refractivity contribution in [2.75, 3.05) is 7.11 Å². The van der Waals surface area contributed by atoms with Crippen LogP contribution in [0.3, 0.4) is 0 Å². The summed E-state index contributed by atoms with van der Waals surface area (Å²) in [5.41, 5.74) is 0.865. The highest BCUT2D eigenvalue weighted by atomic mass is 19.1. The van der Waals surface area contributed by atoms with E-state index < -0.39 is 5.97 Å². The minimum absolute atomic E-state index is 0.0477. The van der Waals surface area contributed by atoms with Crippen LogP contribution in [0.1, 0.15) is 12.0 Å². The lowest BCUT2D eigenvalue weighted by atomic mass is 10.1. The number of hydrogen-bond donors (Lipinski definition) is 1. The molecule has 0 spiro atoms. The first-order chi connectivity index (χ1) is 7.11. The average Bonchev–Trinajstić information content (AvgIpc) is 2.19. The highest BCUT2D eigenvalue weighted by Crippen LogP contribution is 2.09. The Morgan fingerprint density at radius 2 is 2.07 bits per heavy atom. The lowest BCUT2D eigenvalue weighted by Gasteiger charge is -2.12. The summed E-state index contributed by atoms with van der Waals surface area (Å²) in [5, 5.41) is 8.60. The Balaban J connectivity index is 2.58. The van der Waals surface area contributed by atoms with Crippen LogP contribution in [-0.2, 0) is 16.0 Å². The molecular weight excluding hydrogens is 199 g/mol. The number of carbonyl (C=O) groups is 1. The second-order valence-corrected chi connectivity index (χ2v) is 3.29. The van der Waals surface area contributed by atoms with Crippen LogP contribution >= 0.6 is 0 Å². The third-order valence-electron chi connectivity index (χ3n) is 2.11. The summed E-state index contributed by atoms with van der Waals surface area (Å²) in [5.74, 6) is -1.20. The van der Waals surface area contributed by atoms with Crippen molar-refractivity contribution in [2.45, 2.75) is 18.9 Å². The Labute approximate surface area is 87.5 Å². The summed E-state index contributed by atoms with van der Waals surface area (Å²) in [4.78, 5) is 10.5. The van der Waals surface area contributed by atoms with Crippen molar-refractivity contribution in [3.05, 3.63) is 35.6 Å². The van der Waals surface area contributed by atoms with E-state index in [-0.39, 0.29) is 18.3 Å². The van der Waals surface area contributed by atoms with Gasteiger partial charge in [-0.05, 0) is 24.1 Å². The molecule has 0 amide bonds. The molecule has 0 aromatic heterocycles. The predicted molar refractivity (Wildman–Crippen MR) is 53.2 cm³/mol. The zero-order valence-electron chi connectivity index (χ0n) is 8.44. The van der Waals surface area contributed by atoms with Crippen LogP contribution in [0, 0.1) is 5.82 Å². The molecule has 1 atom stereocenters. The van der Waals surface area contributed by atoms with Gasteiger partial charge in [-0.25, -0.2) is 4.39 Å². The molecular formula is C11H13FO3. The van der Waals surface area contributed by atoms with Crippen LogP contribution in [0.15, 0.2) is 24.3 Å². The number of methoxy groups -OCH3 is 1. The van der Waals surface area contributed by atoms with Gasteiger partial charge in [0.15, 0.2) is 0 Å². The fourth-order valence-corrected chi connectivity index (χ4v) is 1.32. The molecule has 1 aromatic rings. The summed E-state index contributed by atoms with van der Waals surface area (Å²) < 4.78 is 17.6. The van der Waals surface area contributed by atoms with E-state index in [4.69, 9.17) is 9.84 Å². The van der Waals surface area contributed by atoms with Crippen LogP contribution in [0.5, 0.6) is 0 Å². The summed E-state index contributed by atoms with van der Waals surface area (Å²) >= 11 is 0. The van der Waals surface area contributed by atoms with Crippen molar-refractivity contribution in [3.8, 4) is 0 Å². The number of halogens is 1. The number of hydrogen-bond acceptors (Lipinski definition) is 2. The molecule has 3 nitrogen and oxygen atoms in total. The molecule has 0 saturated heterocycles. The van der Waals surface area contributed by atoms with Crippen LogP contribution < -0.4 is 0 Å². The van der Waals surface area contributed by atoms with Gasteiger partial charge in [-0.15, -0.1) is 0 Å². The van der Waals surface area contributed by atoms with Gasteiger partial charge in [0.2, 0.25) is 0 Å². The van der Waals surface area contributed by atoms with Gasteiger partial charge in [0.05, 0.1) is 12.5 Å². The van der Waals surface area contributed by atoms with E-state index in [1.165, 1.54) is 19.2 Å². The third kappa shape index (κ3) is 4.08. The predicted octanol–water partition coefficient (Wildman–Crippen LogP) is 1.86. The molecule has 1 aromatic carbocycles. The Hall–Kier alpha value is -1.42. The molecule has 15 heavy (non-hydrogen) atoms. The Morgan fingerprint density at radius 1 is 1.47 bits per heavy atom. The van der Waals surface area contributed by atoms with Crippen molar-refractivity contribution >= 4 is 5.97 Å². The zero-order chi connectivity index (χ0) is 11.3. The number of rotatable bonds is 5. The minimum atomic E-state index is -0.899. The van der Waals surface area contributed by atoms with Gasteiger partial charge >= 0.3 is 5.97 Å². The van der Waals surface area contributed by atoms with E-state index in [0.29, 0.717) is 6.42 Å². The second kappa shape index (κ2) is 5.46. The molecule has 0 aliphatic carbocycles. The molecule has 82 valence electrons. The summed E-state index contributed by atoms with van der Waals surface area (Å²) in [6.07, 6.45) is 0.0599. The van der Waals surface area contributed by atoms with Gasteiger partial charge in [-0.1, -0.05) is 12.1 Å². The van der Waals surface area contributed by atoms with E-state index in [2.05, 4.69) is 0 Å². The minimum Gasteiger partial charge on any atom is -0.481 e. The van der Waals surface area contributed by atoms with Crippen LogP contribution in [0.2, 0.25) is 0 Å². The Bertz CT molecular complexity index is 321. The Kier molecular flexibility index (Phi) is 4.24. The summed E-state index contributed by atoms with van der Waals surface area (Å²) in [6.45, 7) is 0. The smallest absolute Gasteiger partial charge is 0.305 e. The molecule has 1 N–H and O–H groups in total. The molecule has 1 unspecified atom stereocenters. The monoisotopic (exact) mass is 212 g/mol. The fraction of sp³-hybridized carbons (Fsp3) is 0.364. The lowest BCUT2D eigenvalue weighted by molar-refractivity contribution is -0.139. The number of carboxylic acid groups (broad SMARTS) is 1. The van der Waals surface area contributed by atoms with Gasteiger partial charge < -0.3 is 9.84 Å². The summed E-state index contributed by atoms with van der Waals surface area (Å²) in [7, 11) is 1.47. The van der Waals surface area contributed by atoms with Gasteiger partial charge in [0.1, 0.15) is 5.82 Å². The van der Waals surface area contributed by atoms with Crippen molar-refractivity contribution in [1.29, 1.82) is 0 Å². The highest BCUT2D eigenvalue weighted by Gasteiger charge is 2.12. The van der Waals surface area contributed by atoms with Crippen LogP contribution in [-0.4, -0.2) is 24.3 Å². The number of carboxylic acids is 1. The van der Waals surface area contributed by atoms with Crippen molar-refractivity contribution in [1.82, 2.24) is 0 Å². The van der Waals surface area contributed by atoms with Gasteiger partial charge in [0.25, 0.3) is 0 Å². The number of ether oxygens (including phenoxy) is 1. The Morgan fingerprint density at radius 3 is 2.53 bits per heavy atom. The fourth-order valence-electron chi connectivity index (χ4n) is 1.32. The van der Waals surface area contributed by atoms with Crippen LogP contribution in [0.25, 0.3) is 0 Å². The average molecular weight is 212 g/mol. The van der Waals surface area contributed by atoms with Crippen molar-refractivity contribution in [3.63, 3.8) is 0 Å². The van der Waals surface area contributed by atoms with E-state index >= 15 is 0 Å². The quantitative estimate of drug-likeness (QED) is 0.810. The largest absolute Gasteiger partial charge is 0.481 e. The maximum absolute atomic E-state index is 12.6. The van der Waals surface area contributed by atoms with Crippen molar-refractivity contribution < 1.29 is 19.0 Å². The molecule has 4 heteroatoms. The number of aliphatic carboxylic acids is 1. The first kappa shape index (κ1) is 11.7. The maximum atomic E-state index is 12.6. The zero-order valence-corrected chi connectivity index (χ0v) is 8.44. The van der Waals surface area contributed by atoms with Gasteiger partial charge in [0, 0.05) is 7.11 Å². The van der Waals surface area contributed by atoms with Gasteiger partial charge in [-0.3, -0.25) is 4.79 Å². The van der Waals surface area contributed by atoms with Gasteiger partial charge in [-0.2, -0.15) is 0 Å². The second-order valence-electron chi connectivity index (χ2n) is 3.29. The highest BCUT2D eigenvalue weighted by molar-refractivity contribution is 5.67. The molecule has 0 fully saturated rings. The maximum Gasteiger partial charge on any atom is 0.305 e. The first-order valence-corrected chi connectivity index (χ1v) is 4.61. The molecule has 0 saturated carbocycles. The van der Waals surface area contributed by atoms with Crippen molar-refractivity contribution in [2.24, 2.45) is 0 Å². The van der Waals surface area contributed by atoms with E-state index in [1.54, 1.807) is 12.1 Å². The summed E-state index contributed by atoms with van der Waals surface area (Å²) in [6, 6.07) is 5.96.